The normalized spacial score (nSPS) is 18.8. The van der Waals surface area contributed by atoms with E-state index in [4.69, 9.17) is 9.47 Å². The van der Waals surface area contributed by atoms with Crippen molar-refractivity contribution in [1.29, 1.82) is 0 Å². The molecule has 1 unspecified atom stereocenters. The lowest BCUT2D eigenvalue weighted by molar-refractivity contribution is 0.0145. The molecule has 1 aliphatic heterocycles. The minimum Gasteiger partial charge on any atom is -0.377 e. The summed E-state index contributed by atoms with van der Waals surface area (Å²) < 4.78 is 14.0. The zero-order chi connectivity index (χ0) is 16.4. The Morgan fingerprint density at radius 3 is 2.96 bits per heavy atom. The molecule has 0 aromatic carbocycles. The van der Waals surface area contributed by atoms with Crippen molar-refractivity contribution < 1.29 is 9.47 Å². The number of nitrogens with zero attached hydrogens (tertiary/aromatic N) is 4. The molecule has 0 radical (unpaired) electrons. The Balaban J connectivity index is 1.66. The van der Waals surface area contributed by atoms with E-state index >= 15 is 0 Å². The van der Waals surface area contributed by atoms with Crippen LogP contribution in [0.4, 0.5) is 0 Å². The average Bonchev–Trinajstić information content (AvgIpc) is 3.14. The summed E-state index contributed by atoms with van der Waals surface area (Å²) in [7, 11) is 0. The van der Waals surface area contributed by atoms with Crippen LogP contribution in [0, 0.1) is 0 Å². The Labute approximate surface area is 135 Å². The van der Waals surface area contributed by atoms with Crippen LogP contribution in [0.15, 0.2) is 17.2 Å². The molecule has 3 rings (SSSR count). The zero-order valence-electron chi connectivity index (χ0n) is 14.0. The van der Waals surface area contributed by atoms with Gasteiger partial charge in [-0.25, -0.2) is 9.78 Å². The van der Waals surface area contributed by atoms with Crippen LogP contribution < -0.4 is 5.69 Å². The second-order valence-corrected chi connectivity index (χ2v) is 6.98. The third kappa shape index (κ3) is 3.61. The highest BCUT2D eigenvalue weighted by Gasteiger charge is 2.19. The van der Waals surface area contributed by atoms with Crippen LogP contribution in [0.25, 0.3) is 5.65 Å². The van der Waals surface area contributed by atoms with Crippen molar-refractivity contribution in [2.24, 2.45) is 0 Å². The van der Waals surface area contributed by atoms with Gasteiger partial charge in [-0.2, -0.15) is 9.61 Å². The van der Waals surface area contributed by atoms with Gasteiger partial charge in [-0.15, -0.1) is 0 Å². The van der Waals surface area contributed by atoms with Crippen molar-refractivity contribution in [3.63, 3.8) is 0 Å². The SMILES string of the molecule is CC(C)(C)c1cc2ncn(CCOCC3CCCO3)c(=O)n2n1. The zero-order valence-corrected chi connectivity index (χ0v) is 14.0. The quantitative estimate of drug-likeness (QED) is 0.779. The highest BCUT2D eigenvalue weighted by atomic mass is 16.5. The fourth-order valence-electron chi connectivity index (χ4n) is 2.58. The van der Waals surface area contributed by atoms with E-state index in [-0.39, 0.29) is 17.2 Å². The summed E-state index contributed by atoms with van der Waals surface area (Å²) in [4.78, 5) is 16.8. The molecule has 0 amide bonds. The Kier molecular flexibility index (Phi) is 4.50. The summed E-state index contributed by atoms with van der Waals surface area (Å²) >= 11 is 0. The van der Waals surface area contributed by atoms with E-state index in [2.05, 4.69) is 30.9 Å². The molecule has 0 bridgehead atoms. The smallest absolute Gasteiger partial charge is 0.351 e. The average molecular weight is 320 g/mol. The van der Waals surface area contributed by atoms with Crippen LogP contribution in [0.3, 0.4) is 0 Å². The Bertz CT molecular complexity index is 723. The molecule has 1 saturated heterocycles. The van der Waals surface area contributed by atoms with E-state index < -0.39 is 0 Å². The van der Waals surface area contributed by atoms with Gasteiger partial charge in [0.05, 0.1) is 31.6 Å². The van der Waals surface area contributed by atoms with Crippen molar-refractivity contribution in [3.05, 3.63) is 28.6 Å². The lowest BCUT2D eigenvalue weighted by Gasteiger charge is -2.13. The molecule has 1 atom stereocenters. The van der Waals surface area contributed by atoms with Gasteiger partial charge in [0.25, 0.3) is 0 Å². The highest BCUT2D eigenvalue weighted by Crippen LogP contribution is 2.20. The van der Waals surface area contributed by atoms with Crippen molar-refractivity contribution in [1.82, 2.24) is 19.2 Å². The van der Waals surface area contributed by atoms with Gasteiger partial charge in [0.15, 0.2) is 5.65 Å². The molecule has 2 aromatic rings. The van der Waals surface area contributed by atoms with Gasteiger partial charge in [-0.1, -0.05) is 20.8 Å². The minimum absolute atomic E-state index is 0.116. The number of ether oxygens (including phenoxy) is 2. The van der Waals surface area contributed by atoms with Gasteiger partial charge in [0, 0.05) is 18.1 Å². The standard InChI is InChI=1S/C16H24N4O3/c1-16(2,3)13-9-14-17-11-19(15(21)20(14)18-13)6-8-22-10-12-5-4-7-23-12/h9,11-12H,4-8,10H2,1-3H3. The summed E-state index contributed by atoms with van der Waals surface area (Å²) in [5.41, 5.74) is 1.13. The van der Waals surface area contributed by atoms with Gasteiger partial charge in [0.1, 0.15) is 6.33 Å². The topological polar surface area (TPSA) is 70.7 Å². The van der Waals surface area contributed by atoms with Crippen molar-refractivity contribution >= 4 is 5.65 Å². The molecule has 7 nitrogen and oxygen atoms in total. The molecule has 7 heteroatoms. The first-order valence-corrected chi connectivity index (χ1v) is 8.10. The van der Waals surface area contributed by atoms with Crippen LogP contribution in [0.2, 0.25) is 0 Å². The number of fused-ring (bicyclic) bond motifs is 1. The van der Waals surface area contributed by atoms with Gasteiger partial charge < -0.3 is 9.47 Å². The van der Waals surface area contributed by atoms with Crippen LogP contribution in [0.5, 0.6) is 0 Å². The Morgan fingerprint density at radius 1 is 1.43 bits per heavy atom. The number of hydrogen-bond donors (Lipinski definition) is 0. The Morgan fingerprint density at radius 2 is 2.26 bits per heavy atom. The minimum atomic E-state index is -0.189. The highest BCUT2D eigenvalue weighted by molar-refractivity contribution is 5.39. The number of hydrogen-bond acceptors (Lipinski definition) is 5. The molecule has 0 spiro atoms. The van der Waals surface area contributed by atoms with Crippen LogP contribution in [0.1, 0.15) is 39.3 Å². The molecular formula is C16H24N4O3. The van der Waals surface area contributed by atoms with Crippen molar-refractivity contribution in [3.8, 4) is 0 Å². The van der Waals surface area contributed by atoms with Gasteiger partial charge in [-0.3, -0.25) is 4.57 Å². The van der Waals surface area contributed by atoms with Gasteiger partial charge in [0.2, 0.25) is 0 Å². The second-order valence-electron chi connectivity index (χ2n) is 6.98. The van der Waals surface area contributed by atoms with E-state index in [0.717, 1.165) is 25.1 Å². The maximum Gasteiger partial charge on any atom is 0.351 e. The van der Waals surface area contributed by atoms with Gasteiger partial charge in [-0.05, 0) is 12.8 Å². The predicted octanol–water partition coefficient (Wildman–Crippen LogP) is 1.38. The third-order valence-corrected chi connectivity index (χ3v) is 4.02. The summed E-state index contributed by atoms with van der Waals surface area (Å²) in [6.07, 6.45) is 3.91. The molecule has 0 saturated carbocycles. The first-order chi connectivity index (χ1) is 10.9. The third-order valence-electron chi connectivity index (χ3n) is 4.02. The molecule has 0 aliphatic carbocycles. The molecule has 126 valence electrons. The molecule has 3 heterocycles. The first kappa shape index (κ1) is 16.1. The number of aromatic nitrogens is 4. The lowest BCUT2D eigenvalue weighted by Crippen LogP contribution is -2.30. The fourth-order valence-corrected chi connectivity index (χ4v) is 2.58. The second kappa shape index (κ2) is 6.41. The first-order valence-electron chi connectivity index (χ1n) is 8.10. The van der Waals surface area contributed by atoms with E-state index in [0.29, 0.717) is 25.4 Å². The van der Waals surface area contributed by atoms with Crippen molar-refractivity contribution in [2.75, 3.05) is 19.8 Å². The molecule has 23 heavy (non-hydrogen) atoms. The van der Waals surface area contributed by atoms with Gasteiger partial charge >= 0.3 is 5.69 Å². The largest absolute Gasteiger partial charge is 0.377 e. The monoisotopic (exact) mass is 320 g/mol. The molecular weight excluding hydrogens is 296 g/mol. The van der Waals surface area contributed by atoms with Crippen molar-refractivity contribution in [2.45, 2.75) is 51.7 Å². The summed E-state index contributed by atoms with van der Waals surface area (Å²) in [6, 6.07) is 1.86. The maximum absolute atomic E-state index is 12.5. The van der Waals surface area contributed by atoms with E-state index in [1.54, 1.807) is 6.33 Å². The van der Waals surface area contributed by atoms with Crippen LogP contribution in [-0.4, -0.2) is 45.1 Å². The van der Waals surface area contributed by atoms with E-state index in [9.17, 15) is 4.79 Å². The maximum atomic E-state index is 12.5. The summed E-state index contributed by atoms with van der Waals surface area (Å²) in [6.45, 7) is 8.51. The van der Waals surface area contributed by atoms with E-state index in [1.807, 2.05) is 6.07 Å². The predicted molar refractivity (Wildman–Crippen MR) is 85.7 cm³/mol. The fraction of sp³-hybridized carbons (Fsp3) is 0.688. The summed E-state index contributed by atoms with van der Waals surface area (Å²) in [5.74, 6) is 0. The number of rotatable bonds is 5. The molecule has 2 aromatic heterocycles. The molecule has 1 fully saturated rings. The van der Waals surface area contributed by atoms with E-state index in [1.165, 1.54) is 9.08 Å². The lowest BCUT2D eigenvalue weighted by atomic mass is 9.93. The molecule has 1 aliphatic rings. The van der Waals surface area contributed by atoms with Crippen LogP contribution >= 0.6 is 0 Å². The molecule has 0 N–H and O–H groups in total. The summed E-state index contributed by atoms with van der Waals surface area (Å²) in [5, 5.41) is 4.40. The Hall–Kier alpha value is -1.73. The van der Waals surface area contributed by atoms with Crippen LogP contribution in [-0.2, 0) is 21.4 Å².